The highest BCUT2D eigenvalue weighted by Gasteiger charge is 2.22. The second-order valence-corrected chi connectivity index (χ2v) is 7.61. The van der Waals surface area contributed by atoms with E-state index in [1.807, 2.05) is 18.2 Å². The quantitative estimate of drug-likeness (QED) is 0.307. The minimum Gasteiger partial charge on any atom is -0.497 e. The molecule has 0 radical (unpaired) electrons. The lowest BCUT2D eigenvalue weighted by Gasteiger charge is -2.35. The molecular formula is C24H31FIN5O. The zero-order valence-corrected chi connectivity index (χ0v) is 20.9. The molecular weight excluding hydrogens is 520 g/mol. The average molecular weight is 551 g/mol. The Labute approximate surface area is 206 Å². The molecule has 1 fully saturated rings. The van der Waals surface area contributed by atoms with Crippen molar-refractivity contribution < 1.29 is 9.13 Å². The van der Waals surface area contributed by atoms with E-state index < -0.39 is 5.82 Å². The average Bonchev–Trinajstić information content (AvgIpc) is 2.82. The first-order valence-electron chi connectivity index (χ1n) is 10.7. The Morgan fingerprint density at radius 1 is 1.16 bits per heavy atom. The number of hydrogen-bond acceptors (Lipinski definition) is 4. The summed E-state index contributed by atoms with van der Waals surface area (Å²) in [5.41, 5.74) is 2.03. The van der Waals surface area contributed by atoms with Crippen LogP contribution in [0.15, 0.2) is 47.5 Å². The number of aliphatic imine (C=N–C) groups is 1. The maximum Gasteiger partial charge on any atom is 0.191 e. The zero-order chi connectivity index (χ0) is 22.1. The van der Waals surface area contributed by atoms with Crippen molar-refractivity contribution in [3.63, 3.8) is 0 Å². The van der Waals surface area contributed by atoms with Gasteiger partial charge in [-0.3, -0.25) is 9.89 Å². The molecule has 6 nitrogen and oxygen atoms in total. The molecule has 172 valence electrons. The molecule has 1 saturated heterocycles. The van der Waals surface area contributed by atoms with Gasteiger partial charge in [-0.05, 0) is 55.8 Å². The van der Waals surface area contributed by atoms with Gasteiger partial charge >= 0.3 is 0 Å². The molecule has 3 rings (SSSR count). The lowest BCUT2D eigenvalue weighted by molar-refractivity contribution is 0.164. The smallest absolute Gasteiger partial charge is 0.191 e. The highest BCUT2D eigenvalue weighted by Crippen LogP contribution is 2.25. The van der Waals surface area contributed by atoms with Gasteiger partial charge in [-0.25, -0.2) is 4.39 Å². The van der Waals surface area contributed by atoms with Crippen molar-refractivity contribution in [1.29, 1.82) is 5.26 Å². The van der Waals surface area contributed by atoms with Gasteiger partial charge in [-0.1, -0.05) is 24.6 Å². The molecule has 0 saturated carbocycles. The number of rotatable bonds is 7. The van der Waals surface area contributed by atoms with E-state index in [4.69, 9.17) is 10.00 Å². The van der Waals surface area contributed by atoms with Crippen molar-refractivity contribution in [2.45, 2.75) is 31.8 Å². The number of ether oxygens (including phenoxy) is 1. The Bertz CT molecular complexity index is 923. The van der Waals surface area contributed by atoms with E-state index >= 15 is 0 Å². The number of benzene rings is 2. The number of nitrogens with one attached hydrogen (secondary N) is 2. The number of piperidine rings is 1. The number of nitrogens with zero attached hydrogens (tertiary/aromatic N) is 3. The van der Waals surface area contributed by atoms with Crippen molar-refractivity contribution in [2.75, 3.05) is 33.8 Å². The van der Waals surface area contributed by atoms with E-state index in [2.05, 4.69) is 32.7 Å². The van der Waals surface area contributed by atoms with Crippen LogP contribution < -0.4 is 15.4 Å². The molecule has 1 atom stereocenters. The molecule has 0 aliphatic carbocycles. The molecule has 1 unspecified atom stereocenters. The van der Waals surface area contributed by atoms with Crippen LogP contribution in [0.4, 0.5) is 4.39 Å². The fourth-order valence-electron chi connectivity index (χ4n) is 3.87. The summed E-state index contributed by atoms with van der Waals surface area (Å²) in [5.74, 6) is 1.06. The maximum atomic E-state index is 14.2. The fourth-order valence-corrected chi connectivity index (χ4v) is 3.87. The molecule has 2 aromatic rings. The van der Waals surface area contributed by atoms with Gasteiger partial charge in [0.1, 0.15) is 11.6 Å². The van der Waals surface area contributed by atoms with E-state index in [0.29, 0.717) is 23.6 Å². The van der Waals surface area contributed by atoms with Crippen LogP contribution in [0.2, 0.25) is 0 Å². The van der Waals surface area contributed by atoms with Crippen molar-refractivity contribution >= 4 is 29.9 Å². The highest BCUT2D eigenvalue weighted by molar-refractivity contribution is 14.0. The van der Waals surface area contributed by atoms with Crippen molar-refractivity contribution in [2.24, 2.45) is 4.99 Å². The first-order valence-corrected chi connectivity index (χ1v) is 10.7. The summed E-state index contributed by atoms with van der Waals surface area (Å²) in [6, 6.07) is 14.9. The van der Waals surface area contributed by atoms with Crippen LogP contribution in [0.5, 0.6) is 5.75 Å². The molecule has 1 aliphatic heterocycles. The summed E-state index contributed by atoms with van der Waals surface area (Å²) in [7, 11) is 3.37. The third kappa shape index (κ3) is 7.07. The summed E-state index contributed by atoms with van der Waals surface area (Å²) in [4.78, 5) is 6.79. The molecule has 0 amide bonds. The Morgan fingerprint density at radius 3 is 2.47 bits per heavy atom. The van der Waals surface area contributed by atoms with Crippen molar-refractivity contribution in [3.8, 4) is 11.8 Å². The first kappa shape index (κ1) is 25.9. The number of halogens is 2. The Hall–Kier alpha value is -2.38. The third-order valence-corrected chi connectivity index (χ3v) is 5.65. The molecule has 32 heavy (non-hydrogen) atoms. The van der Waals surface area contributed by atoms with Crippen LogP contribution in [0.1, 0.15) is 42.0 Å². The van der Waals surface area contributed by atoms with Gasteiger partial charge in [0.25, 0.3) is 0 Å². The minimum atomic E-state index is -0.397. The largest absolute Gasteiger partial charge is 0.497 e. The van der Waals surface area contributed by atoms with Crippen LogP contribution in [0.25, 0.3) is 0 Å². The fraction of sp³-hybridized carbons (Fsp3) is 0.417. The molecule has 1 heterocycles. The summed E-state index contributed by atoms with van der Waals surface area (Å²) in [6.45, 7) is 3.11. The molecule has 2 N–H and O–H groups in total. The van der Waals surface area contributed by atoms with Crippen LogP contribution in [-0.4, -0.2) is 44.7 Å². The lowest BCUT2D eigenvalue weighted by Crippen LogP contribution is -2.44. The molecule has 0 aromatic heterocycles. The predicted octanol–water partition coefficient (Wildman–Crippen LogP) is 4.22. The molecule has 0 spiro atoms. The molecule has 1 aliphatic rings. The monoisotopic (exact) mass is 551 g/mol. The van der Waals surface area contributed by atoms with Crippen LogP contribution in [-0.2, 0) is 6.54 Å². The maximum absolute atomic E-state index is 14.2. The van der Waals surface area contributed by atoms with Gasteiger partial charge in [-0.2, -0.15) is 5.26 Å². The van der Waals surface area contributed by atoms with E-state index in [9.17, 15) is 4.39 Å². The van der Waals surface area contributed by atoms with E-state index in [-0.39, 0.29) is 36.6 Å². The van der Waals surface area contributed by atoms with Crippen LogP contribution >= 0.6 is 24.0 Å². The third-order valence-electron chi connectivity index (χ3n) is 5.65. The predicted molar refractivity (Wildman–Crippen MR) is 136 cm³/mol. The van der Waals surface area contributed by atoms with Gasteiger partial charge in [-0.15, -0.1) is 24.0 Å². The van der Waals surface area contributed by atoms with Gasteiger partial charge in [0.15, 0.2) is 5.96 Å². The summed E-state index contributed by atoms with van der Waals surface area (Å²) in [6.07, 6.45) is 3.69. The zero-order valence-electron chi connectivity index (χ0n) is 18.6. The summed E-state index contributed by atoms with van der Waals surface area (Å²) < 4.78 is 19.5. The molecule has 2 aromatic carbocycles. The topological polar surface area (TPSA) is 72.7 Å². The van der Waals surface area contributed by atoms with Crippen LogP contribution in [0, 0.1) is 17.1 Å². The standard InChI is InChI=1S/C24H30FN5O.HI/c1-27-24(28-16-20-7-6-18(15-26)14-22(20)25)29-17-23(30-12-4-3-5-13-30)19-8-10-21(31-2)11-9-19;/h6-11,14,23H,3-5,12-13,16-17H2,1-2H3,(H2,27,28,29);1H. The van der Waals surface area contributed by atoms with Gasteiger partial charge in [0.05, 0.1) is 24.8 Å². The number of guanidine groups is 1. The SMILES string of the molecule is CN=C(NCc1ccc(C#N)cc1F)NCC(c1ccc(OC)cc1)N1CCCCC1.I. The summed E-state index contributed by atoms with van der Waals surface area (Å²) >= 11 is 0. The second kappa shape index (κ2) is 13.2. The Kier molecular flexibility index (Phi) is 10.7. The Morgan fingerprint density at radius 2 is 1.88 bits per heavy atom. The van der Waals surface area contributed by atoms with Crippen molar-refractivity contribution in [1.82, 2.24) is 15.5 Å². The van der Waals surface area contributed by atoms with E-state index in [0.717, 1.165) is 18.8 Å². The Balaban J connectivity index is 0.00000363. The van der Waals surface area contributed by atoms with E-state index in [1.54, 1.807) is 26.3 Å². The summed E-state index contributed by atoms with van der Waals surface area (Å²) in [5, 5.41) is 15.5. The van der Waals surface area contributed by atoms with Gasteiger partial charge in [0, 0.05) is 25.7 Å². The molecule has 8 heteroatoms. The normalized spacial score (nSPS) is 15.2. The first-order chi connectivity index (χ1) is 15.1. The van der Waals surface area contributed by atoms with Gasteiger partial charge < -0.3 is 15.4 Å². The van der Waals surface area contributed by atoms with E-state index in [1.165, 1.54) is 30.9 Å². The number of nitriles is 1. The highest BCUT2D eigenvalue weighted by atomic mass is 127. The number of methoxy groups -OCH3 is 1. The molecule has 0 bridgehead atoms. The lowest BCUT2D eigenvalue weighted by atomic mass is 10.0. The van der Waals surface area contributed by atoms with Gasteiger partial charge in [0.2, 0.25) is 0 Å². The van der Waals surface area contributed by atoms with Crippen LogP contribution in [0.3, 0.4) is 0 Å². The second-order valence-electron chi connectivity index (χ2n) is 7.61. The number of hydrogen-bond donors (Lipinski definition) is 2. The minimum absolute atomic E-state index is 0. The number of likely N-dealkylation sites (tertiary alicyclic amines) is 1. The van der Waals surface area contributed by atoms with Crippen molar-refractivity contribution in [3.05, 3.63) is 65.0 Å².